The normalized spacial score (nSPS) is 11.4. The average molecular weight is 174 g/mol. The van der Waals surface area contributed by atoms with Gasteiger partial charge in [-0.1, -0.05) is 13.8 Å². The lowest BCUT2D eigenvalue weighted by atomic mass is 10.1. The third-order valence-corrected chi connectivity index (χ3v) is 2.37. The van der Waals surface area contributed by atoms with Crippen molar-refractivity contribution in [2.45, 2.75) is 26.7 Å². The zero-order valence-corrected chi connectivity index (χ0v) is 8.26. The number of rotatable bonds is 1. The van der Waals surface area contributed by atoms with Crippen molar-refractivity contribution in [3.05, 3.63) is 29.7 Å². The standard InChI is InChI=1S/C11H14N2/c1-7(2)10-11-9(4-5-12-11)8(3)6-13-10/h4-7,12H,1-3H3. The van der Waals surface area contributed by atoms with E-state index in [2.05, 4.69) is 36.8 Å². The van der Waals surface area contributed by atoms with Gasteiger partial charge in [-0.2, -0.15) is 0 Å². The molecule has 0 aliphatic heterocycles. The molecule has 0 aliphatic carbocycles. The smallest absolute Gasteiger partial charge is 0.0678 e. The van der Waals surface area contributed by atoms with E-state index in [4.69, 9.17) is 0 Å². The Morgan fingerprint density at radius 1 is 1.38 bits per heavy atom. The Morgan fingerprint density at radius 2 is 2.15 bits per heavy atom. The van der Waals surface area contributed by atoms with E-state index in [1.807, 2.05) is 12.4 Å². The van der Waals surface area contributed by atoms with Crippen LogP contribution in [0, 0.1) is 6.92 Å². The first-order chi connectivity index (χ1) is 6.20. The van der Waals surface area contributed by atoms with Gasteiger partial charge in [0.05, 0.1) is 11.2 Å². The Kier molecular flexibility index (Phi) is 1.83. The summed E-state index contributed by atoms with van der Waals surface area (Å²) in [4.78, 5) is 7.69. The van der Waals surface area contributed by atoms with E-state index in [0.29, 0.717) is 5.92 Å². The van der Waals surface area contributed by atoms with Gasteiger partial charge in [0, 0.05) is 17.8 Å². The first kappa shape index (κ1) is 8.30. The van der Waals surface area contributed by atoms with Crippen LogP contribution in [-0.2, 0) is 0 Å². The second kappa shape index (κ2) is 2.87. The molecule has 0 saturated heterocycles. The van der Waals surface area contributed by atoms with Crippen molar-refractivity contribution in [1.29, 1.82) is 0 Å². The van der Waals surface area contributed by atoms with Crippen molar-refractivity contribution in [2.24, 2.45) is 0 Å². The second-order valence-corrected chi connectivity index (χ2v) is 3.75. The highest BCUT2D eigenvalue weighted by molar-refractivity contribution is 5.84. The maximum absolute atomic E-state index is 4.45. The lowest BCUT2D eigenvalue weighted by molar-refractivity contribution is 0.830. The number of H-pyrrole nitrogens is 1. The maximum atomic E-state index is 4.45. The van der Waals surface area contributed by atoms with Gasteiger partial charge in [0.2, 0.25) is 0 Å². The number of fused-ring (bicyclic) bond motifs is 1. The summed E-state index contributed by atoms with van der Waals surface area (Å²) in [6, 6.07) is 2.11. The van der Waals surface area contributed by atoms with E-state index >= 15 is 0 Å². The zero-order valence-electron chi connectivity index (χ0n) is 8.26. The quantitative estimate of drug-likeness (QED) is 0.707. The third kappa shape index (κ3) is 1.22. The number of aryl methyl sites for hydroxylation is 1. The lowest BCUT2D eigenvalue weighted by Crippen LogP contribution is -1.94. The summed E-state index contributed by atoms with van der Waals surface area (Å²) in [6.07, 6.45) is 3.93. The van der Waals surface area contributed by atoms with E-state index in [-0.39, 0.29) is 0 Å². The second-order valence-electron chi connectivity index (χ2n) is 3.75. The summed E-state index contributed by atoms with van der Waals surface area (Å²) in [5, 5.41) is 1.29. The van der Waals surface area contributed by atoms with Crippen LogP contribution in [0.15, 0.2) is 18.5 Å². The molecule has 2 heteroatoms. The molecule has 2 aromatic heterocycles. The van der Waals surface area contributed by atoms with Gasteiger partial charge in [0.1, 0.15) is 0 Å². The van der Waals surface area contributed by atoms with Crippen LogP contribution in [-0.4, -0.2) is 9.97 Å². The highest BCUT2D eigenvalue weighted by atomic mass is 14.8. The van der Waals surface area contributed by atoms with E-state index in [1.54, 1.807) is 0 Å². The summed E-state index contributed by atoms with van der Waals surface area (Å²) < 4.78 is 0. The van der Waals surface area contributed by atoms with Crippen LogP contribution in [0.25, 0.3) is 10.9 Å². The number of pyridine rings is 1. The molecule has 0 atom stereocenters. The van der Waals surface area contributed by atoms with Crippen molar-refractivity contribution >= 4 is 10.9 Å². The highest BCUT2D eigenvalue weighted by Crippen LogP contribution is 2.23. The minimum absolute atomic E-state index is 0.474. The zero-order chi connectivity index (χ0) is 9.42. The maximum Gasteiger partial charge on any atom is 0.0678 e. The van der Waals surface area contributed by atoms with E-state index in [1.165, 1.54) is 16.5 Å². The summed E-state index contributed by atoms with van der Waals surface area (Å²) in [6.45, 7) is 6.42. The fourth-order valence-corrected chi connectivity index (χ4v) is 1.65. The SMILES string of the molecule is Cc1cnc(C(C)C)c2[nH]ccc12. The fraction of sp³-hybridized carbons (Fsp3) is 0.364. The van der Waals surface area contributed by atoms with Crippen molar-refractivity contribution in [1.82, 2.24) is 9.97 Å². The molecule has 0 spiro atoms. The average Bonchev–Trinajstić information content (AvgIpc) is 2.53. The van der Waals surface area contributed by atoms with Crippen molar-refractivity contribution in [3.8, 4) is 0 Å². The minimum atomic E-state index is 0.474. The Balaban J connectivity index is 2.78. The molecule has 1 N–H and O–H groups in total. The van der Waals surface area contributed by atoms with Crippen LogP contribution in [0.3, 0.4) is 0 Å². The van der Waals surface area contributed by atoms with Gasteiger partial charge >= 0.3 is 0 Å². The van der Waals surface area contributed by atoms with Crippen LogP contribution in [0.1, 0.15) is 31.0 Å². The van der Waals surface area contributed by atoms with Gasteiger partial charge in [-0.15, -0.1) is 0 Å². The Hall–Kier alpha value is -1.31. The highest BCUT2D eigenvalue weighted by Gasteiger charge is 2.08. The molecule has 2 aromatic rings. The Morgan fingerprint density at radius 3 is 2.85 bits per heavy atom. The summed E-state index contributed by atoms with van der Waals surface area (Å²) in [7, 11) is 0. The van der Waals surface area contributed by atoms with Crippen LogP contribution >= 0.6 is 0 Å². The molecule has 0 saturated carbocycles. The molecule has 0 aromatic carbocycles. The van der Waals surface area contributed by atoms with E-state index < -0.39 is 0 Å². The molecule has 2 nitrogen and oxygen atoms in total. The predicted octanol–water partition coefficient (Wildman–Crippen LogP) is 2.99. The van der Waals surface area contributed by atoms with Crippen LogP contribution in [0.4, 0.5) is 0 Å². The number of hydrogen-bond donors (Lipinski definition) is 1. The summed E-state index contributed by atoms with van der Waals surface area (Å²) in [5.74, 6) is 0.474. The molecule has 0 unspecified atom stereocenters. The molecule has 0 fully saturated rings. The van der Waals surface area contributed by atoms with Gasteiger partial charge in [-0.05, 0) is 24.5 Å². The third-order valence-electron chi connectivity index (χ3n) is 2.37. The van der Waals surface area contributed by atoms with E-state index in [0.717, 1.165) is 5.69 Å². The monoisotopic (exact) mass is 174 g/mol. The number of aromatic amines is 1. The van der Waals surface area contributed by atoms with Gasteiger partial charge in [-0.3, -0.25) is 4.98 Å². The Labute approximate surface area is 78.0 Å². The molecule has 0 amide bonds. The molecule has 0 bridgehead atoms. The molecule has 0 radical (unpaired) electrons. The first-order valence-electron chi connectivity index (χ1n) is 4.62. The van der Waals surface area contributed by atoms with Crippen LogP contribution in [0.2, 0.25) is 0 Å². The van der Waals surface area contributed by atoms with Crippen molar-refractivity contribution in [2.75, 3.05) is 0 Å². The summed E-state index contributed by atoms with van der Waals surface area (Å²) in [5.41, 5.74) is 3.58. The van der Waals surface area contributed by atoms with Crippen LogP contribution < -0.4 is 0 Å². The van der Waals surface area contributed by atoms with Gasteiger partial charge in [0.25, 0.3) is 0 Å². The molecule has 0 aliphatic rings. The van der Waals surface area contributed by atoms with Crippen LogP contribution in [0.5, 0.6) is 0 Å². The summed E-state index contributed by atoms with van der Waals surface area (Å²) >= 11 is 0. The van der Waals surface area contributed by atoms with Gasteiger partial charge < -0.3 is 4.98 Å². The van der Waals surface area contributed by atoms with Gasteiger partial charge in [-0.25, -0.2) is 0 Å². The predicted molar refractivity (Wildman–Crippen MR) is 54.9 cm³/mol. The van der Waals surface area contributed by atoms with E-state index in [9.17, 15) is 0 Å². The van der Waals surface area contributed by atoms with Crippen molar-refractivity contribution in [3.63, 3.8) is 0 Å². The molecule has 68 valence electrons. The number of aromatic nitrogens is 2. The number of nitrogens with zero attached hydrogens (tertiary/aromatic N) is 1. The fourth-order valence-electron chi connectivity index (χ4n) is 1.65. The molecule has 2 rings (SSSR count). The molecule has 13 heavy (non-hydrogen) atoms. The largest absolute Gasteiger partial charge is 0.360 e. The van der Waals surface area contributed by atoms with Crippen molar-refractivity contribution < 1.29 is 0 Å². The number of nitrogens with one attached hydrogen (secondary N) is 1. The Bertz CT molecular complexity index is 427. The molecular weight excluding hydrogens is 160 g/mol. The van der Waals surface area contributed by atoms with Gasteiger partial charge in [0.15, 0.2) is 0 Å². The minimum Gasteiger partial charge on any atom is -0.360 e. The number of hydrogen-bond acceptors (Lipinski definition) is 1. The molecule has 2 heterocycles. The topological polar surface area (TPSA) is 28.7 Å². The first-order valence-corrected chi connectivity index (χ1v) is 4.62. The lowest BCUT2D eigenvalue weighted by Gasteiger charge is -2.06. The molecular formula is C11H14N2.